The molecule has 0 bridgehead atoms. The first-order chi connectivity index (χ1) is 24.7. The Balaban J connectivity index is -0.000000303. The van der Waals surface area contributed by atoms with Crippen LogP contribution in [0.1, 0.15) is 128 Å². The van der Waals surface area contributed by atoms with Crippen molar-refractivity contribution in [3.63, 3.8) is 0 Å². The van der Waals surface area contributed by atoms with Gasteiger partial charge in [-0.1, -0.05) is 0 Å². The van der Waals surface area contributed by atoms with Crippen molar-refractivity contribution in [2.75, 3.05) is 39.3 Å². The van der Waals surface area contributed by atoms with E-state index in [1.807, 2.05) is 0 Å². The second-order valence-electron chi connectivity index (χ2n) is 11.6. The van der Waals surface area contributed by atoms with Crippen LogP contribution in [0.5, 0.6) is 0 Å². The molecule has 0 aromatic heterocycles. The van der Waals surface area contributed by atoms with E-state index in [4.69, 9.17) is 21.7 Å². The van der Waals surface area contributed by atoms with Gasteiger partial charge in [-0.3, -0.25) is 28.8 Å². The Labute approximate surface area is 307 Å². The highest BCUT2D eigenvalue weighted by Gasteiger charge is 2.05. The smallest absolute Gasteiger partial charge is 0.303 e. The first-order valence-corrected chi connectivity index (χ1v) is 18.0. The fraction of sp³-hybridized carbons (Fsp3) is 0.765. The van der Waals surface area contributed by atoms with Crippen molar-refractivity contribution in [3.05, 3.63) is 0 Å². The number of rotatable bonds is 30. The number of carboxylic acid groups (broad SMARTS) is 4. The molecular weight excluding hydrogens is 684 g/mol. The van der Waals surface area contributed by atoms with Gasteiger partial charge in [0.05, 0.1) is 19.6 Å². The second-order valence-corrected chi connectivity index (χ2v) is 11.6. The van der Waals surface area contributed by atoms with E-state index in [2.05, 4.69) is 22.1 Å². The van der Waals surface area contributed by atoms with Gasteiger partial charge in [-0.15, -0.1) is 0 Å². The zero-order valence-electron chi connectivity index (χ0n) is 30.9. The minimum absolute atomic E-state index is 0.0138. The molecule has 52 heavy (non-hydrogen) atoms. The average Bonchev–Trinajstić information content (AvgIpc) is 3.09. The van der Waals surface area contributed by atoms with Gasteiger partial charge < -0.3 is 63.6 Å². The largest absolute Gasteiger partial charge is 0.550 e. The molecule has 0 aromatic rings. The third-order valence-corrected chi connectivity index (χ3v) is 6.59. The zero-order chi connectivity index (χ0) is 40.4. The number of ketones is 2. The molecule has 0 saturated carbocycles. The standard InChI is InChI=1S/2C11H23N3O2.2C6H10O4/c2*12-7-3-5-10(15)4-1-2-6-11(16)14-9-8-13;2*7-5(8)3-1-2-4-6(9)10/h2*1-9,12-13H2,(H,14,16);2*1-4H2,(H,7,8)(H,9,10). The number of carbonyl (C=O) groups is 8. The number of Topliss-reactive ketones (excluding diaryl/α,β-unsaturated/α-hetero) is 2. The van der Waals surface area contributed by atoms with Gasteiger partial charge in [-0.2, -0.15) is 0 Å². The average molecular weight is 751 g/mol. The fourth-order valence-corrected chi connectivity index (χ4v) is 3.79. The number of nitrogens with two attached hydrogens (primary N) is 2. The van der Waals surface area contributed by atoms with Crippen LogP contribution in [0, 0.1) is 0 Å². The normalized spacial score (nSPS) is 9.77. The molecule has 0 aliphatic rings. The highest BCUT2D eigenvalue weighted by molar-refractivity contribution is 5.79. The SMILES string of the molecule is NCCCC(=O)CCCCC(=O)NCCN.O=C(O)CCCCC(=O)O.O=C([O-])CCCCC(=O)[O-].[NH3+]CCCC(=O)CCCCC(=O)NCC[NH3+]. The number of nitrogens with one attached hydrogen (secondary N) is 2. The molecule has 2 amide bonds. The summed E-state index contributed by atoms with van der Waals surface area (Å²) in [7, 11) is 0. The van der Waals surface area contributed by atoms with Crippen molar-refractivity contribution < 1.29 is 70.2 Å². The lowest BCUT2D eigenvalue weighted by atomic mass is 10.1. The topological polar surface area (TPSA) is 355 Å². The van der Waals surface area contributed by atoms with Crippen LogP contribution in [0.15, 0.2) is 0 Å². The lowest BCUT2D eigenvalue weighted by Gasteiger charge is -2.03. The van der Waals surface area contributed by atoms with E-state index in [1.165, 1.54) is 0 Å². The van der Waals surface area contributed by atoms with Gasteiger partial charge in [0.25, 0.3) is 0 Å². The number of unbranched alkanes of at least 4 members (excludes halogenated alkanes) is 4. The molecule has 0 fully saturated rings. The predicted octanol–water partition coefficient (Wildman–Crippen LogP) is -2.81. The lowest BCUT2D eigenvalue weighted by molar-refractivity contribution is -0.368. The van der Waals surface area contributed by atoms with Crippen LogP contribution in [0.2, 0.25) is 0 Å². The first-order valence-electron chi connectivity index (χ1n) is 18.0. The van der Waals surface area contributed by atoms with Gasteiger partial charge in [-0.25, -0.2) is 0 Å². The third-order valence-electron chi connectivity index (χ3n) is 6.59. The van der Waals surface area contributed by atoms with Gasteiger partial charge in [0.2, 0.25) is 11.8 Å². The summed E-state index contributed by atoms with van der Waals surface area (Å²) in [5.41, 5.74) is 17.9. The Kier molecular flexibility index (Phi) is 45.5. The van der Waals surface area contributed by atoms with Crippen molar-refractivity contribution in [2.24, 2.45) is 11.5 Å². The molecule has 0 rings (SSSR count). The molecule has 0 aliphatic carbocycles. The summed E-state index contributed by atoms with van der Waals surface area (Å²) in [4.78, 5) is 84.2. The quantitative estimate of drug-likeness (QED) is 0.0344. The molecule has 0 radical (unpaired) electrons. The fourth-order valence-electron chi connectivity index (χ4n) is 3.79. The summed E-state index contributed by atoms with van der Waals surface area (Å²) >= 11 is 0. The summed E-state index contributed by atoms with van der Waals surface area (Å²) in [5, 5.41) is 41.3. The monoisotopic (exact) mass is 750 g/mol. The highest BCUT2D eigenvalue weighted by atomic mass is 16.4. The summed E-state index contributed by atoms with van der Waals surface area (Å²) < 4.78 is 0. The van der Waals surface area contributed by atoms with Gasteiger partial charge in [0.15, 0.2) is 0 Å². The van der Waals surface area contributed by atoms with Crippen molar-refractivity contribution in [2.45, 2.75) is 128 Å². The molecule has 0 spiro atoms. The summed E-state index contributed by atoms with van der Waals surface area (Å²) in [6, 6.07) is 0. The van der Waals surface area contributed by atoms with E-state index < -0.39 is 23.9 Å². The van der Waals surface area contributed by atoms with Crippen LogP contribution in [0.4, 0.5) is 0 Å². The molecule has 0 atom stereocenters. The van der Waals surface area contributed by atoms with E-state index >= 15 is 0 Å². The lowest BCUT2D eigenvalue weighted by Crippen LogP contribution is -2.54. The van der Waals surface area contributed by atoms with E-state index in [0.29, 0.717) is 96.2 Å². The van der Waals surface area contributed by atoms with E-state index in [9.17, 15) is 48.6 Å². The number of hydrogen-bond acceptors (Lipinski definition) is 12. The van der Waals surface area contributed by atoms with Crippen molar-refractivity contribution in [1.82, 2.24) is 10.6 Å². The number of amides is 2. The van der Waals surface area contributed by atoms with Crippen molar-refractivity contribution in [1.29, 1.82) is 0 Å². The second kappa shape index (κ2) is 43.2. The maximum Gasteiger partial charge on any atom is 0.303 e. The Morgan fingerprint density at radius 1 is 0.442 bits per heavy atom. The van der Waals surface area contributed by atoms with Crippen LogP contribution in [-0.4, -0.2) is 96.7 Å². The van der Waals surface area contributed by atoms with Crippen LogP contribution >= 0.6 is 0 Å². The molecule has 18 heteroatoms. The van der Waals surface area contributed by atoms with Gasteiger partial charge in [0.1, 0.15) is 11.6 Å². The Morgan fingerprint density at radius 3 is 1.13 bits per heavy atom. The molecule has 0 heterocycles. The first kappa shape index (κ1) is 54.8. The minimum atomic E-state index is -1.14. The molecule has 0 aromatic carbocycles. The minimum Gasteiger partial charge on any atom is -0.550 e. The Morgan fingerprint density at radius 2 is 0.788 bits per heavy atom. The third kappa shape index (κ3) is 58.2. The zero-order valence-corrected chi connectivity index (χ0v) is 30.9. The number of carboxylic acids is 4. The molecule has 14 N–H and O–H groups in total. The molecule has 18 nitrogen and oxygen atoms in total. The maximum atomic E-state index is 11.3. The summed E-state index contributed by atoms with van der Waals surface area (Å²) in [6.45, 7) is 3.72. The van der Waals surface area contributed by atoms with E-state index in [0.717, 1.165) is 51.6 Å². The maximum absolute atomic E-state index is 11.3. The number of carbonyl (C=O) groups excluding carboxylic acids is 6. The molecule has 304 valence electrons. The van der Waals surface area contributed by atoms with Crippen molar-refractivity contribution >= 4 is 47.3 Å². The van der Waals surface area contributed by atoms with Crippen molar-refractivity contribution in [3.8, 4) is 0 Å². The Hall–Kier alpha value is -4.00. The number of hydrogen-bond donors (Lipinski definition) is 8. The van der Waals surface area contributed by atoms with E-state index in [1.54, 1.807) is 0 Å². The van der Waals surface area contributed by atoms with Crippen LogP contribution in [0.25, 0.3) is 0 Å². The molecule has 0 unspecified atom stereocenters. The summed E-state index contributed by atoms with van der Waals surface area (Å²) in [5.74, 6) is -3.41. The van der Waals surface area contributed by atoms with Crippen LogP contribution in [-0.2, 0) is 38.4 Å². The van der Waals surface area contributed by atoms with E-state index in [-0.39, 0.29) is 43.3 Å². The predicted molar refractivity (Wildman–Crippen MR) is 187 cm³/mol. The molecule has 0 aliphatic heterocycles. The van der Waals surface area contributed by atoms with Gasteiger partial charge in [-0.05, 0) is 77.2 Å². The summed E-state index contributed by atoms with van der Waals surface area (Å²) in [6.07, 6.45) is 9.68. The van der Waals surface area contributed by atoms with Crippen LogP contribution < -0.4 is 43.8 Å². The number of aliphatic carboxylic acids is 4. The number of quaternary nitrogens is 2. The highest BCUT2D eigenvalue weighted by Crippen LogP contribution is 2.05. The van der Waals surface area contributed by atoms with Crippen LogP contribution in [0.3, 0.4) is 0 Å². The molecular formula is C34H66N6O12. The van der Waals surface area contributed by atoms with Gasteiger partial charge in [0, 0.05) is 82.8 Å². The van der Waals surface area contributed by atoms with Gasteiger partial charge >= 0.3 is 11.9 Å². The Bertz CT molecular complexity index is 831. The molecule has 0 saturated heterocycles.